The molecule has 5 heteroatoms. The molecule has 2 N–H and O–H groups in total. The summed E-state index contributed by atoms with van der Waals surface area (Å²) in [4.78, 5) is 11.4. The van der Waals surface area contributed by atoms with Gasteiger partial charge in [0.1, 0.15) is 0 Å². The second-order valence-corrected chi connectivity index (χ2v) is 4.65. The summed E-state index contributed by atoms with van der Waals surface area (Å²) in [5.74, 6) is 0.193. The zero-order chi connectivity index (χ0) is 12.3. The molecule has 0 amide bonds. The van der Waals surface area contributed by atoms with Crippen LogP contribution < -0.4 is 5.73 Å². The Balaban J connectivity index is 2.03. The summed E-state index contributed by atoms with van der Waals surface area (Å²) in [7, 11) is 1.34. The maximum atomic E-state index is 11.4. The van der Waals surface area contributed by atoms with Gasteiger partial charge in [0.2, 0.25) is 0 Å². The van der Waals surface area contributed by atoms with Crippen LogP contribution in [0.15, 0.2) is 6.20 Å². The molecule has 94 valence electrons. The quantitative estimate of drug-likeness (QED) is 0.814. The van der Waals surface area contributed by atoms with Gasteiger partial charge in [-0.2, -0.15) is 5.10 Å². The van der Waals surface area contributed by atoms with E-state index in [1.807, 2.05) is 0 Å². The zero-order valence-electron chi connectivity index (χ0n) is 10.2. The molecule has 17 heavy (non-hydrogen) atoms. The summed E-state index contributed by atoms with van der Waals surface area (Å²) in [6.45, 7) is 0.848. The predicted octanol–water partition coefficient (Wildman–Crippen LogP) is 1.83. The van der Waals surface area contributed by atoms with E-state index in [0.717, 1.165) is 6.54 Å². The van der Waals surface area contributed by atoms with Gasteiger partial charge in [-0.15, -0.1) is 0 Å². The van der Waals surface area contributed by atoms with Crippen molar-refractivity contribution < 1.29 is 9.53 Å². The fourth-order valence-electron chi connectivity index (χ4n) is 2.42. The van der Waals surface area contributed by atoms with Crippen LogP contribution in [0.3, 0.4) is 0 Å². The lowest BCUT2D eigenvalue weighted by Crippen LogP contribution is -2.15. The number of nitrogens with zero attached hydrogens (tertiary/aromatic N) is 2. The summed E-state index contributed by atoms with van der Waals surface area (Å²) < 4.78 is 6.40. The molecule has 0 spiro atoms. The molecule has 1 heterocycles. The number of hydrogen-bond donors (Lipinski definition) is 1. The van der Waals surface area contributed by atoms with Gasteiger partial charge in [0.05, 0.1) is 12.8 Å². The highest BCUT2D eigenvalue weighted by molar-refractivity contribution is 5.92. The van der Waals surface area contributed by atoms with Crippen LogP contribution >= 0.6 is 0 Å². The maximum Gasteiger partial charge on any atom is 0.360 e. The number of carbonyl (C=O) groups excluding carboxylic acids is 1. The molecule has 1 aromatic rings. The van der Waals surface area contributed by atoms with Crippen LogP contribution in [0.2, 0.25) is 0 Å². The lowest BCUT2D eigenvalue weighted by molar-refractivity contribution is 0.0594. The first-order valence-electron chi connectivity index (χ1n) is 6.12. The van der Waals surface area contributed by atoms with Crippen molar-refractivity contribution in [3.63, 3.8) is 0 Å². The Morgan fingerprint density at radius 2 is 2.24 bits per heavy atom. The highest BCUT2D eigenvalue weighted by Crippen LogP contribution is 2.25. The highest BCUT2D eigenvalue weighted by Gasteiger charge is 2.18. The summed E-state index contributed by atoms with van der Waals surface area (Å²) in [6, 6.07) is 0. The van der Waals surface area contributed by atoms with Crippen LogP contribution in [0.1, 0.15) is 42.6 Å². The molecule has 0 saturated heterocycles. The van der Waals surface area contributed by atoms with Crippen LogP contribution in [0, 0.1) is 5.92 Å². The monoisotopic (exact) mass is 237 g/mol. The largest absolute Gasteiger partial charge is 0.464 e. The van der Waals surface area contributed by atoms with Crippen LogP contribution in [0.25, 0.3) is 0 Å². The highest BCUT2D eigenvalue weighted by atomic mass is 16.5. The lowest BCUT2D eigenvalue weighted by atomic mass is 9.89. The van der Waals surface area contributed by atoms with Gasteiger partial charge in [-0.05, 0) is 18.8 Å². The van der Waals surface area contributed by atoms with Gasteiger partial charge in [0.25, 0.3) is 0 Å². The van der Waals surface area contributed by atoms with Gasteiger partial charge in [-0.1, -0.05) is 19.3 Å². The van der Waals surface area contributed by atoms with E-state index in [1.54, 1.807) is 10.9 Å². The van der Waals surface area contributed by atoms with Crippen molar-refractivity contribution in [2.45, 2.75) is 38.6 Å². The number of esters is 1. The number of nitrogen functional groups attached to an aromatic ring is 1. The molecule has 5 nitrogen and oxygen atoms in total. The third kappa shape index (κ3) is 2.78. The molecule has 0 radical (unpaired) electrons. The van der Waals surface area contributed by atoms with E-state index in [9.17, 15) is 4.79 Å². The lowest BCUT2D eigenvalue weighted by Gasteiger charge is -2.21. The Bertz CT molecular complexity index is 394. The number of rotatable bonds is 3. The number of ether oxygens (including phenoxy) is 1. The normalized spacial score (nSPS) is 17.0. The van der Waals surface area contributed by atoms with Crippen molar-refractivity contribution >= 4 is 11.7 Å². The molecule has 1 aliphatic carbocycles. The van der Waals surface area contributed by atoms with E-state index in [2.05, 4.69) is 9.84 Å². The third-order valence-corrected chi connectivity index (χ3v) is 3.34. The van der Waals surface area contributed by atoms with E-state index in [1.165, 1.54) is 39.2 Å². The molecule has 0 aromatic carbocycles. The summed E-state index contributed by atoms with van der Waals surface area (Å²) in [6.07, 6.45) is 8.14. The molecule has 1 saturated carbocycles. The molecule has 1 aliphatic rings. The van der Waals surface area contributed by atoms with Gasteiger partial charge in [0, 0.05) is 12.7 Å². The number of aromatic nitrogens is 2. The van der Waals surface area contributed by atoms with E-state index < -0.39 is 5.97 Å². The van der Waals surface area contributed by atoms with Gasteiger partial charge < -0.3 is 10.5 Å². The average Bonchev–Trinajstić information content (AvgIpc) is 2.70. The molecule has 1 aromatic heterocycles. The van der Waals surface area contributed by atoms with E-state index >= 15 is 0 Å². The molecular formula is C12H19N3O2. The number of anilines is 1. The van der Waals surface area contributed by atoms with Crippen LogP contribution in [0.5, 0.6) is 0 Å². The van der Waals surface area contributed by atoms with Crippen LogP contribution in [-0.4, -0.2) is 22.9 Å². The van der Waals surface area contributed by atoms with Crippen molar-refractivity contribution in [3.8, 4) is 0 Å². The first kappa shape index (κ1) is 12.0. The topological polar surface area (TPSA) is 70.1 Å². The fraction of sp³-hybridized carbons (Fsp3) is 0.667. The minimum atomic E-state index is -0.468. The second-order valence-electron chi connectivity index (χ2n) is 4.65. The Morgan fingerprint density at radius 1 is 1.53 bits per heavy atom. The summed E-state index contributed by atoms with van der Waals surface area (Å²) in [5, 5.41) is 4.19. The molecule has 0 aliphatic heterocycles. The maximum absolute atomic E-state index is 11.4. The number of nitrogens with two attached hydrogens (primary N) is 1. The van der Waals surface area contributed by atoms with Crippen molar-refractivity contribution in [2.75, 3.05) is 12.8 Å². The Hall–Kier alpha value is -1.52. The molecular weight excluding hydrogens is 218 g/mol. The van der Waals surface area contributed by atoms with Crippen molar-refractivity contribution in [2.24, 2.45) is 5.92 Å². The molecule has 0 bridgehead atoms. The molecule has 2 rings (SSSR count). The van der Waals surface area contributed by atoms with Crippen LogP contribution in [-0.2, 0) is 11.3 Å². The Labute approximate surface area is 101 Å². The van der Waals surface area contributed by atoms with Gasteiger partial charge in [-0.3, -0.25) is 4.68 Å². The smallest absolute Gasteiger partial charge is 0.360 e. The first-order valence-corrected chi connectivity index (χ1v) is 6.12. The van der Waals surface area contributed by atoms with E-state index in [4.69, 9.17) is 5.73 Å². The van der Waals surface area contributed by atoms with E-state index in [0.29, 0.717) is 11.6 Å². The summed E-state index contributed by atoms with van der Waals surface area (Å²) in [5.41, 5.74) is 6.36. The second kappa shape index (κ2) is 5.21. The summed E-state index contributed by atoms with van der Waals surface area (Å²) >= 11 is 0. The predicted molar refractivity (Wildman–Crippen MR) is 64.6 cm³/mol. The number of methoxy groups -OCH3 is 1. The molecule has 0 unspecified atom stereocenters. The SMILES string of the molecule is COC(=O)c1nn(CC2CCCCC2)cc1N. The Kier molecular flexibility index (Phi) is 3.66. The minimum Gasteiger partial charge on any atom is -0.464 e. The van der Waals surface area contributed by atoms with Gasteiger partial charge in [-0.25, -0.2) is 4.79 Å². The van der Waals surface area contributed by atoms with Crippen molar-refractivity contribution in [1.29, 1.82) is 0 Å². The number of carbonyl (C=O) groups is 1. The first-order chi connectivity index (χ1) is 8.20. The zero-order valence-corrected chi connectivity index (χ0v) is 10.2. The van der Waals surface area contributed by atoms with Gasteiger partial charge >= 0.3 is 5.97 Å². The minimum absolute atomic E-state index is 0.225. The van der Waals surface area contributed by atoms with Gasteiger partial charge in [0.15, 0.2) is 5.69 Å². The van der Waals surface area contributed by atoms with E-state index in [-0.39, 0.29) is 5.69 Å². The van der Waals surface area contributed by atoms with Crippen molar-refractivity contribution in [1.82, 2.24) is 9.78 Å². The number of hydrogen-bond acceptors (Lipinski definition) is 4. The Morgan fingerprint density at radius 3 is 2.88 bits per heavy atom. The van der Waals surface area contributed by atoms with Crippen LogP contribution in [0.4, 0.5) is 5.69 Å². The standard InChI is InChI=1S/C12H19N3O2/c1-17-12(16)11-10(13)8-15(14-11)7-9-5-3-2-4-6-9/h8-9H,2-7,13H2,1H3. The molecule has 1 fully saturated rings. The van der Waals surface area contributed by atoms with Crippen molar-refractivity contribution in [3.05, 3.63) is 11.9 Å². The molecule has 0 atom stereocenters. The third-order valence-electron chi connectivity index (χ3n) is 3.34. The average molecular weight is 237 g/mol. The fourth-order valence-corrected chi connectivity index (χ4v) is 2.42.